The van der Waals surface area contributed by atoms with Crippen LogP contribution >= 0.6 is 0 Å². The van der Waals surface area contributed by atoms with Gasteiger partial charge in [0.1, 0.15) is 0 Å². The van der Waals surface area contributed by atoms with Gasteiger partial charge in [0.2, 0.25) is 0 Å². The molecule has 0 unspecified atom stereocenters. The van der Waals surface area contributed by atoms with E-state index in [1.54, 1.807) is 18.7 Å². The molecule has 0 bridgehead atoms. The number of carboxylic acids is 1. The molecule has 1 rings (SSSR count). The number of nitrogens with zero attached hydrogens (tertiary/aromatic N) is 1. The Morgan fingerprint density at radius 3 is 2.47 bits per heavy atom. The van der Waals surface area contributed by atoms with E-state index in [-0.39, 0.29) is 18.0 Å². The summed E-state index contributed by atoms with van der Waals surface area (Å²) in [6, 6.07) is -0.146. The summed E-state index contributed by atoms with van der Waals surface area (Å²) in [5.74, 6) is -0.898. The first-order valence-corrected chi connectivity index (χ1v) is 6.90. The van der Waals surface area contributed by atoms with Crippen molar-refractivity contribution >= 4 is 12.0 Å². The zero-order valence-electron chi connectivity index (χ0n) is 12.5. The maximum Gasteiger partial charge on any atom is 0.317 e. The number of nitrogens with one attached hydrogen (secondary N) is 1. The van der Waals surface area contributed by atoms with Crippen molar-refractivity contribution in [1.29, 1.82) is 0 Å². The zero-order chi connectivity index (χ0) is 14.7. The van der Waals surface area contributed by atoms with E-state index in [9.17, 15) is 9.59 Å². The van der Waals surface area contributed by atoms with Crippen LogP contribution in [-0.4, -0.2) is 41.6 Å². The van der Waals surface area contributed by atoms with Crippen LogP contribution in [0.2, 0.25) is 0 Å². The highest BCUT2D eigenvalue weighted by Gasteiger charge is 2.29. The first-order chi connectivity index (χ1) is 8.64. The molecule has 1 aliphatic heterocycles. The van der Waals surface area contributed by atoms with Crippen LogP contribution in [0.5, 0.6) is 0 Å². The standard InChI is InChI=1S/C14H26N2O3/c1-13(2)6-5-8-16(9-7-13)12(19)15-10-14(3,4)11(17)18/h5-10H2,1-4H3,(H,15,19)(H,17,18). The molecule has 1 aliphatic rings. The number of amides is 2. The van der Waals surface area contributed by atoms with Crippen molar-refractivity contribution < 1.29 is 14.7 Å². The number of carbonyl (C=O) groups excluding carboxylic acids is 1. The molecule has 1 saturated heterocycles. The van der Waals surface area contributed by atoms with Crippen molar-refractivity contribution in [2.45, 2.75) is 47.0 Å². The van der Waals surface area contributed by atoms with E-state index in [0.29, 0.717) is 0 Å². The van der Waals surface area contributed by atoms with Crippen LogP contribution in [0.25, 0.3) is 0 Å². The Labute approximate surface area is 115 Å². The van der Waals surface area contributed by atoms with Crippen LogP contribution in [0.3, 0.4) is 0 Å². The first-order valence-electron chi connectivity index (χ1n) is 6.90. The van der Waals surface area contributed by atoms with E-state index in [4.69, 9.17) is 5.11 Å². The molecule has 110 valence electrons. The number of hydrogen-bond donors (Lipinski definition) is 2. The lowest BCUT2D eigenvalue weighted by Crippen LogP contribution is -2.46. The van der Waals surface area contributed by atoms with Crippen LogP contribution in [0.1, 0.15) is 47.0 Å². The number of carbonyl (C=O) groups is 2. The van der Waals surface area contributed by atoms with Gasteiger partial charge in [-0.2, -0.15) is 0 Å². The average Bonchev–Trinajstić information content (AvgIpc) is 2.47. The maximum atomic E-state index is 12.1. The van der Waals surface area contributed by atoms with Gasteiger partial charge in [0.25, 0.3) is 0 Å². The fraction of sp³-hybridized carbons (Fsp3) is 0.857. The molecule has 2 amide bonds. The van der Waals surface area contributed by atoms with Gasteiger partial charge in [-0.05, 0) is 38.5 Å². The summed E-state index contributed by atoms with van der Waals surface area (Å²) in [5, 5.41) is 11.7. The summed E-state index contributed by atoms with van der Waals surface area (Å²) >= 11 is 0. The number of carboxylic acid groups (broad SMARTS) is 1. The summed E-state index contributed by atoms with van der Waals surface area (Å²) in [7, 11) is 0. The SMILES string of the molecule is CC1(C)CCCN(C(=O)NCC(C)(C)C(=O)O)CC1. The monoisotopic (exact) mass is 270 g/mol. The highest BCUT2D eigenvalue weighted by atomic mass is 16.4. The number of hydrogen-bond acceptors (Lipinski definition) is 2. The van der Waals surface area contributed by atoms with Crippen LogP contribution in [0.4, 0.5) is 4.79 Å². The molecule has 5 nitrogen and oxygen atoms in total. The molecule has 0 aromatic heterocycles. The molecule has 0 saturated carbocycles. The summed E-state index contributed by atoms with van der Waals surface area (Å²) in [5.41, 5.74) is -0.643. The fourth-order valence-electron chi connectivity index (χ4n) is 2.11. The third-order valence-electron chi connectivity index (χ3n) is 3.89. The molecule has 19 heavy (non-hydrogen) atoms. The van der Waals surface area contributed by atoms with Crippen LogP contribution in [0, 0.1) is 10.8 Å². The predicted octanol–water partition coefficient (Wildman–Crippen LogP) is 2.32. The minimum atomic E-state index is -0.930. The second kappa shape index (κ2) is 5.80. The molecular weight excluding hydrogens is 244 g/mol. The van der Waals surface area contributed by atoms with Gasteiger partial charge in [0.15, 0.2) is 0 Å². The minimum Gasteiger partial charge on any atom is -0.481 e. The smallest absolute Gasteiger partial charge is 0.317 e. The fourth-order valence-corrected chi connectivity index (χ4v) is 2.11. The van der Waals surface area contributed by atoms with Crippen LogP contribution in [-0.2, 0) is 4.79 Å². The Kier molecular flexibility index (Phi) is 4.82. The van der Waals surface area contributed by atoms with Crippen molar-refractivity contribution in [3.8, 4) is 0 Å². The van der Waals surface area contributed by atoms with Gasteiger partial charge < -0.3 is 15.3 Å². The molecule has 0 aromatic rings. The molecule has 5 heteroatoms. The number of urea groups is 1. The third kappa shape index (κ3) is 4.73. The molecule has 2 N–H and O–H groups in total. The van der Waals surface area contributed by atoms with Gasteiger partial charge in [-0.1, -0.05) is 13.8 Å². The molecule has 0 aromatic carbocycles. The van der Waals surface area contributed by atoms with Crippen LogP contribution < -0.4 is 5.32 Å². The van der Waals surface area contributed by atoms with Gasteiger partial charge in [0, 0.05) is 19.6 Å². The first kappa shape index (κ1) is 15.8. The van der Waals surface area contributed by atoms with Gasteiger partial charge in [-0.25, -0.2) is 4.79 Å². The van der Waals surface area contributed by atoms with E-state index in [0.717, 1.165) is 32.4 Å². The topological polar surface area (TPSA) is 69.6 Å². The Balaban J connectivity index is 2.48. The van der Waals surface area contributed by atoms with Crippen molar-refractivity contribution in [1.82, 2.24) is 10.2 Å². The summed E-state index contributed by atoms with van der Waals surface area (Å²) in [6.07, 6.45) is 3.11. The average molecular weight is 270 g/mol. The zero-order valence-corrected chi connectivity index (χ0v) is 12.5. The van der Waals surface area contributed by atoms with E-state index in [2.05, 4.69) is 19.2 Å². The second-order valence-corrected chi connectivity index (χ2v) is 6.85. The highest BCUT2D eigenvalue weighted by molar-refractivity contribution is 5.77. The highest BCUT2D eigenvalue weighted by Crippen LogP contribution is 2.29. The van der Waals surface area contributed by atoms with Gasteiger partial charge in [-0.3, -0.25) is 4.79 Å². The Morgan fingerprint density at radius 2 is 1.89 bits per heavy atom. The van der Waals surface area contributed by atoms with Gasteiger partial charge >= 0.3 is 12.0 Å². The second-order valence-electron chi connectivity index (χ2n) is 6.85. The number of likely N-dealkylation sites (tertiary alicyclic amines) is 1. The van der Waals surface area contributed by atoms with Crippen molar-refractivity contribution in [3.05, 3.63) is 0 Å². The van der Waals surface area contributed by atoms with Crippen molar-refractivity contribution in [2.24, 2.45) is 10.8 Å². The Hall–Kier alpha value is -1.26. The van der Waals surface area contributed by atoms with E-state index < -0.39 is 11.4 Å². The number of aliphatic carboxylic acids is 1. The number of rotatable bonds is 3. The molecule has 1 heterocycles. The molecule has 0 radical (unpaired) electrons. The molecule has 0 aliphatic carbocycles. The molecule has 0 atom stereocenters. The van der Waals surface area contributed by atoms with Gasteiger partial charge in [0.05, 0.1) is 5.41 Å². The van der Waals surface area contributed by atoms with E-state index in [1.165, 1.54) is 0 Å². The van der Waals surface area contributed by atoms with Crippen molar-refractivity contribution in [2.75, 3.05) is 19.6 Å². The minimum absolute atomic E-state index is 0.146. The Morgan fingerprint density at radius 1 is 1.26 bits per heavy atom. The maximum absolute atomic E-state index is 12.1. The lowest BCUT2D eigenvalue weighted by Gasteiger charge is -2.25. The largest absolute Gasteiger partial charge is 0.481 e. The normalized spacial score (nSPS) is 19.7. The van der Waals surface area contributed by atoms with Crippen molar-refractivity contribution in [3.63, 3.8) is 0 Å². The lowest BCUT2D eigenvalue weighted by molar-refractivity contribution is -0.146. The molecule has 0 spiro atoms. The lowest BCUT2D eigenvalue weighted by atomic mass is 9.85. The van der Waals surface area contributed by atoms with E-state index in [1.807, 2.05) is 0 Å². The summed E-state index contributed by atoms with van der Waals surface area (Å²) in [4.78, 5) is 24.8. The third-order valence-corrected chi connectivity index (χ3v) is 3.89. The molecule has 1 fully saturated rings. The summed E-state index contributed by atoms with van der Waals surface area (Å²) < 4.78 is 0. The quantitative estimate of drug-likeness (QED) is 0.827. The van der Waals surface area contributed by atoms with E-state index >= 15 is 0 Å². The Bertz CT molecular complexity index is 351. The molecular formula is C14H26N2O3. The summed E-state index contributed by atoms with van der Waals surface area (Å²) in [6.45, 7) is 9.32. The van der Waals surface area contributed by atoms with Crippen LogP contribution in [0.15, 0.2) is 0 Å². The predicted molar refractivity (Wildman–Crippen MR) is 74.0 cm³/mol. The van der Waals surface area contributed by atoms with Gasteiger partial charge in [-0.15, -0.1) is 0 Å².